The van der Waals surface area contributed by atoms with E-state index < -0.39 is 28.0 Å². The van der Waals surface area contributed by atoms with Gasteiger partial charge < -0.3 is 21.2 Å². The maximum absolute atomic E-state index is 13.5. The Morgan fingerprint density at radius 2 is 1.89 bits per heavy atom. The number of carbonyl (C=O) groups is 2. The fraction of sp³-hybridized carbons (Fsp3) is 0.400. The highest BCUT2D eigenvalue weighted by Gasteiger charge is 2.38. The van der Waals surface area contributed by atoms with Crippen molar-refractivity contribution < 1.29 is 23.2 Å². The first-order valence-corrected chi connectivity index (χ1v) is 13.6. The van der Waals surface area contributed by atoms with E-state index >= 15 is 0 Å². The number of hydrogen-bond acceptors (Lipinski definition) is 6. The van der Waals surface area contributed by atoms with Crippen LogP contribution in [-0.4, -0.2) is 67.1 Å². The maximum atomic E-state index is 13.5. The minimum atomic E-state index is -3.64. The maximum Gasteiger partial charge on any atom is 0.242 e. The van der Waals surface area contributed by atoms with Crippen LogP contribution in [0.15, 0.2) is 59.8 Å². The first-order chi connectivity index (χ1) is 17.2. The van der Waals surface area contributed by atoms with E-state index in [1.807, 2.05) is 36.4 Å². The number of hydrogen-bond donors (Lipinski definition) is 4. The lowest BCUT2D eigenvalue weighted by Gasteiger charge is -2.28. The lowest BCUT2D eigenvalue weighted by atomic mass is 10.0. The number of nitrogens with two attached hydrogens (primary N) is 1. The zero-order valence-electron chi connectivity index (χ0n) is 20.3. The van der Waals surface area contributed by atoms with Gasteiger partial charge in [0.1, 0.15) is 12.1 Å². The number of likely N-dealkylation sites (tertiary alicyclic amines) is 1. The zero-order valence-corrected chi connectivity index (χ0v) is 21.1. The third-order valence-corrected chi connectivity index (χ3v) is 7.57. The SMILES string of the molecule is CCS(=O)(=O)N[C@H](Cc1ccccc1)C(=O)N1CCC[C@H]1C(=O)NCCc1cccc(C(N)=NO)c1. The van der Waals surface area contributed by atoms with E-state index in [2.05, 4.69) is 15.2 Å². The van der Waals surface area contributed by atoms with Crippen molar-refractivity contribution in [3.05, 3.63) is 71.3 Å². The van der Waals surface area contributed by atoms with Crippen LogP contribution < -0.4 is 15.8 Å². The van der Waals surface area contributed by atoms with Crippen molar-refractivity contribution in [3.8, 4) is 0 Å². The Morgan fingerprint density at radius 1 is 1.17 bits per heavy atom. The van der Waals surface area contributed by atoms with Crippen LogP contribution in [-0.2, 0) is 32.5 Å². The quantitative estimate of drug-likeness (QED) is 0.151. The summed E-state index contributed by atoms with van der Waals surface area (Å²) >= 11 is 0. The van der Waals surface area contributed by atoms with Crippen molar-refractivity contribution in [1.82, 2.24) is 14.9 Å². The van der Waals surface area contributed by atoms with Crippen molar-refractivity contribution in [2.45, 2.75) is 44.7 Å². The number of benzene rings is 2. The molecule has 2 aromatic rings. The Hall–Kier alpha value is -3.44. The molecule has 2 aromatic carbocycles. The van der Waals surface area contributed by atoms with Crippen LogP contribution in [0.1, 0.15) is 36.5 Å². The molecule has 2 atom stereocenters. The second kappa shape index (κ2) is 12.5. The molecule has 1 fully saturated rings. The molecule has 10 nitrogen and oxygen atoms in total. The summed E-state index contributed by atoms with van der Waals surface area (Å²) in [5, 5.41) is 14.7. The van der Waals surface area contributed by atoms with Gasteiger partial charge in [0, 0.05) is 18.7 Å². The number of amidine groups is 1. The molecule has 2 amide bonds. The summed E-state index contributed by atoms with van der Waals surface area (Å²) in [6, 6.07) is 14.7. The Morgan fingerprint density at radius 3 is 2.58 bits per heavy atom. The Bertz CT molecular complexity index is 1190. The molecule has 1 saturated heterocycles. The molecule has 0 saturated carbocycles. The Balaban J connectivity index is 1.66. The zero-order chi connectivity index (χ0) is 26.1. The molecular weight excluding hydrogens is 482 g/mol. The summed E-state index contributed by atoms with van der Waals surface area (Å²) in [6.45, 7) is 2.24. The largest absolute Gasteiger partial charge is 0.409 e. The Kier molecular flexibility index (Phi) is 9.43. The smallest absolute Gasteiger partial charge is 0.242 e. The second-order valence-corrected chi connectivity index (χ2v) is 10.7. The standard InChI is InChI=1S/C25H33N5O5S/c1-2-36(34,35)29-21(17-18-8-4-3-5-9-18)25(32)30-15-7-12-22(30)24(31)27-14-13-19-10-6-11-20(16-19)23(26)28-33/h3-6,8-11,16,21-22,29,33H,2,7,12-15,17H2,1H3,(H2,26,28)(H,27,31)/t21-,22+/m1/s1. The summed E-state index contributed by atoms with van der Waals surface area (Å²) < 4.78 is 27.1. The lowest BCUT2D eigenvalue weighted by molar-refractivity contribution is -0.139. The molecule has 1 aliphatic heterocycles. The molecule has 1 aliphatic rings. The lowest BCUT2D eigenvalue weighted by Crippen LogP contribution is -2.54. The highest BCUT2D eigenvalue weighted by atomic mass is 32.2. The van der Waals surface area contributed by atoms with E-state index in [0.29, 0.717) is 37.9 Å². The van der Waals surface area contributed by atoms with E-state index in [-0.39, 0.29) is 23.9 Å². The summed E-state index contributed by atoms with van der Waals surface area (Å²) in [4.78, 5) is 27.9. The van der Waals surface area contributed by atoms with Gasteiger partial charge in [-0.2, -0.15) is 0 Å². The van der Waals surface area contributed by atoms with Gasteiger partial charge in [-0.15, -0.1) is 0 Å². The number of nitrogens with one attached hydrogen (secondary N) is 2. The van der Waals surface area contributed by atoms with Crippen LogP contribution in [0, 0.1) is 0 Å². The van der Waals surface area contributed by atoms with E-state index in [9.17, 15) is 18.0 Å². The molecule has 0 spiro atoms. The van der Waals surface area contributed by atoms with Crippen molar-refractivity contribution in [3.63, 3.8) is 0 Å². The van der Waals surface area contributed by atoms with Crippen molar-refractivity contribution in [2.75, 3.05) is 18.8 Å². The second-order valence-electron chi connectivity index (χ2n) is 8.68. The molecule has 5 N–H and O–H groups in total. The van der Waals surface area contributed by atoms with Gasteiger partial charge in [-0.25, -0.2) is 13.1 Å². The van der Waals surface area contributed by atoms with Crippen molar-refractivity contribution >= 4 is 27.7 Å². The summed E-state index contributed by atoms with van der Waals surface area (Å²) in [7, 11) is -3.64. The molecule has 0 bridgehead atoms. The topological polar surface area (TPSA) is 154 Å². The highest BCUT2D eigenvalue weighted by molar-refractivity contribution is 7.89. The van der Waals surface area contributed by atoms with E-state index in [1.165, 1.54) is 11.8 Å². The number of carbonyl (C=O) groups excluding carboxylic acids is 2. The molecule has 0 aliphatic carbocycles. The minimum absolute atomic E-state index is 0.00440. The molecule has 11 heteroatoms. The van der Waals surface area contributed by atoms with Crippen LogP contribution in [0.4, 0.5) is 0 Å². The average molecular weight is 516 g/mol. The predicted octanol–water partition coefficient (Wildman–Crippen LogP) is 0.981. The van der Waals surface area contributed by atoms with E-state index in [4.69, 9.17) is 10.9 Å². The van der Waals surface area contributed by atoms with Crippen molar-refractivity contribution in [1.29, 1.82) is 0 Å². The summed E-state index contributed by atoms with van der Waals surface area (Å²) in [6.07, 6.45) is 1.88. The van der Waals surface area contributed by atoms with Gasteiger partial charge in [0.2, 0.25) is 21.8 Å². The minimum Gasteiger partial charge on any atom is -0.409 e. The molecular formula is C25H33N5O5S. The normalized spacial score (nSPS) is 17.1. The number of sulfonamides is 1. The molecule has 36 heavy (non-hydrogen) atoms. The third kappa shape index (κ3) is 7.28. The third-order valence-electron chi connectivity index (χ3n) is 6.16. The van der Waals surface area contributed by atoms with Crippen LogP contribution in [0.2, 0.25) is 0 Å². The first-order valence-electron chi connectivity index (χ1n) is 11.9. The van der Waals surface area contributed by atoms with Gasteiger partial charge in [0.25, 0.3) is 0 Å². The number of rotatable bonds is 11. The summed E-state index contributed by atoms with van der Waals surface area (Å²) in [5.74, 6) is -0.818. The van der Waals surface area contributed by atoms with E-state index in [1.54, 1.807) is 18.2 Å². The average Bonchev–Trinajstić information content (AvgIpc) is 3.38. The van der Waals surface area contributed by atoms with Gasteiger partial charge >= 0.3 is 0 Å². The first kappa shape index (κ1) is 27.2. The van der Waals surface area contributed by atoms with Crippen LogP contribution >= 0.6 is 0 Å². The predicted molar refractivity (Wildman–Crippen MR) is 137 cm³/mol. The molecule has 0 aromatic heterocycles. The number of oxime groups is 1. The molecule has 0 unspecified atom stereocenters. The van der Waals surface area contributed by atoms with Gasteiger partial charge in [0.05, 0.1) is 5.75 Å². The monoisotopic (exact) mass is 515 g/mol. The fourth-order valence-electron chi connectivity index (χ4n) is 4.22. The molecule has 3 rings (SSSR count). The van der Waals surface area contributed by atoms with Crippen LogP contribution in [0.3, 0.4) is 0 Å². The number of amides is 2. The molecule has 194 valence electrons. The van der Waals surface area contributed by atoms with Gasteiger partial charge in [-0.05, 0) is 49.8 Å². The fourth-order valence-corrected chi connectivity index (χ4v) is 5.01. The van der Waals surface area contributed by atoms with Crippen LogP contribution in [0.25, 0.3) is 0 Å². The molecule has 1 heterocycles. The van der Waals surface area contributed by atoms with Crippen molar-refractivity contribution in [2.24, 2.45) is 10.9 Å². The van der Waals surface area contributed by atoms with Crippen LogP contribution in [0.5, 0.6) is 0 Å². The van der Waals surface area contributed by atoms with Gasteiger partial charge in [-0.3, -0.25) is 9.59 Å². The van der Waals surface area contributed by atoms with Gasteiger partial charge in [-0.1, -0.05) is 53.7 Å². The summed E-state index contributed by atoms with van der Waals surface area (Å²) in [5.41, 5.74) is 7.94. The van der Waals surface area contributed by atoms with E-state index in [0.717, 1.165) is 11.1 Å². The van der Waals surface area contributed by atoms with Gasteiger partial charge in [0.15, 0.2) is 5.84 Å². The Labute approximate surface area is 211 Å². The number of nitrogens with zero attached hydrogens (tertiary/aromatic N) is 2. The molecule has 0 radical (unpaired) electrons. The highest BCUT2D eigenvalue weighted by Crippen LogP contribution is 2.20.